The molecule has 2 heterocycles. The van der Waals surface area contributed by atoms with Crippen LogP contribution in [0.5, 0.6) is 0 Å². The van der Waals surface area contributed by atoms with Crippen molar-refractivity contribution in [1.29, 1.82) is 0 Å². The smallest absolute Gasteiger partial charge is 0.246 e. The summed E-state index contributed by atoms with van der Waals surface area (Å²) in [6.45, 7) is 4.93. The van der Waals surface area contributed by atoms with Gasteiger partial charge in [0.15, 0.2) is 5.96 Å². The summed E-state index contributed by atoms with van der Waals surface area (Å²) in [5, 5.41) is 7.30. The molecule has 0 aliphatic carbocycles. The van der Waals surface area contributed by atoms with Crippen molar-refractivity contribution in [3.8, 4) is 0 Å². The monoisotopic (exact) mass is 513 g/mol. The quantitative estimate of drug-likeness (QED) is 0.222. The van der Waals surface area contributed by atoms with E-state index in [0.29, 0.717) is 45.1 Å². The third-order valence-electron chi connectivity index (χ3n) is 3.82. The predicted molar refractivity (Wildman–Crippen MR) is 116 cm³/mol. The number of guanidine groups is 1. The summed E-state index contributed by atoms with van der Waals surface area (Å²) in [6.07, 6.45) is 5.22. The van der Waals surface area contributed by atoms with Gasteiger partial charge in [-0.2, -0.15) is 5.10 Å². The van der Waals surface area contributed by atoms with Gasteiger partial charge in [0.1, 0.15) is 6.54 Å². The van der Waals surface area contributed by atoms with E-state index in [9.17, 15) is 13.2 Å². The molecule has 154 valence electrons. The molecule has 0 unspecified atom stereocenters. The van der Waals surface area contributed by atoms with Crippen LogP contribution in [0.15, 0.2) is 17.4 Å². The number of piperazine rings is 1. The number of sulfonamides is 1. The normalized spacial score (nSPS) is 15.7. The van der Waals surface area contributed by atoms with Crippen molar-refractivity contribution in [2.45, 2.75) is 13.3 Å². The van der Waals surface area contributed by atoms with Crippen LogP contribution in [0.1, 0.15) is 13.3 Å². The molecular formula is C15H28IN7O3S. The lowest BCUT2D eigenvalue weighted by Gasteiger charge is -2.35. The maximum absolute atomic E-state index is 12.5. The molecule has 0 aromatic carbocycles. The highest BCUT2D eigenvalue weighted by Gasteiger charge is 2.27. The van der Waals surface area contributed by atoms with Crippen LogP contribution in [-0.2, 0) is 21.9 Å². The SMILES string of the molecule is CCNC(=NCCCNS(C)(=O)=O)N1CCN(c2cnn(C)c2)C(=O)C1.I. The van der Waals surface area contributed by atoms with Gasteiger partial charge in [0, 0.05) is 46.0 Å². The lowest BCUT2D eigenvalue weighted by atomic mass is 10.3. The van der Waals surface area contributed by atoms with E-state index < -0.39 is 10.0 Å². The minimum absolute atomic E-state index is 0. The first-order valence-electron chi connectivity index (χ1n) is 8.57. The Labute approximate surface area is 177 Å². The second-order valence-electron chi connectivity index (χ2n) is 6.09. The fraction of sp³-hybridized carbons (Fsp3) is 0.667. The van der Waals surface area contributed by atoms with E-state index in [-0.39, 0.29) is 36.4 Å². The number of aliphatic imine (C=N–C) groups is 1. The van der Waals surface area contributed by atoms with Crippen LogP contribution in [0.3, 0.4) is 0 Å². The van der Waals surface area contributed by atoms with E-state index in [1.54, 1.807) is 15.8 Å². The summed E-state index contributed by atoms with van der Waals surface area (Å²) in [5.74, 6) is 0.666. The number of aryl methyl sites for hydroxylation is 1. The van der Waals surface area contributed by atoms with Crippen molar-refractivity contribution in [3.63, 3.8) is 0 Å². The molecule has 1 aliphatic heterocycles. The van der Waals surface area contributed by atoms with Gasteiger partial charge < -0.3 is 15.1 Å². The number of hydrogen-bond acceptors (Lipinski definition) is 5. The van der Waals surface area contributed by atoms with Gasteiger partial charge in [-0.3, -0.25) is 14.5 Å². The number of aromatic nitrogens is 2. The van der Waals surface area contributed by atoms with Gasteiger partial charge in [-0.25, -0.2) is 13.1 Å². The van der Waals surface area contributed by atoms with Crippen molar-refractivity contribution in [1.82, 2.24) is 24.7 Å². The van der Waals surface area contributed by atoms with E-state index in [1.165, 1.54) is 0 Å². The average molecular weight is 513 g/mol. The third-order valence-corrected chi connectivity index (χ3v) is 4.55. The van der Waals surface area contributed by atoms with E-state index in [2.05, 4.69) is 20.1 Å². The van der Waals surface area contributed by atoms with E-state index in [0.717, 1.165) is 11.9 Å². The van der Waals surface area contributed by atoms with Crippen LogP contribution in [0.4, 0.5) is 5.69 Å². The maximum atomic E-state index is 12.5. The minimum Gasteiger partial charge on any atom is -0.357 e. The zero-order valence-corrected chi connectivity index (χ0v) is 19.0. The Morgan fingerprint density at radius 3 is 2.67 bits per heavy atom. The summed E-state index contributed by atoms with van der Waals surface area (Å²) in [6, 6.07) is 0. The molecule has 1 fully saturated rings. The highest BCUT2D eigenvalue weighted by molar-refractivity contribution is 14.0. The topological polar surface area (TPSA) is 112 Å². The Hall–Kier alpha value is -1.41. The van der Waals surface area contributed by atoms with Gasteiger partial charge in [0.05, 0.1) is 18.1 Å². The summed E-state index contributed by atoms with van der Waals surface area (Å²) in [7, 11) is -1.36. The lowest BCUT2D eigenvalue weighted by molar-refractivity contribution is -0.120. The summed E-state index contributed by atoms with van der Waals surface area (Å²) in [4.78, 5) is 20.6. The van der Waals surface area contributed by atoms with Crippen molar-refractivity contribution in [3.05, 3.63) is 12.4 Å². The Balaban J connectivity index is 0.00000364. The molecule has 0 atom stereocenters. The first kappa shape index (κ1) is 23.6. The van der Waals surface area contributed by atoms with Crippen LogP contribution in [-0.4, -0.2) is 80.5 Å². The fourth-order valence-electron chi connectivity index (χ4n) is 2.62. The van der Waals surface area contributed by atoms with Gasteiger partial charge in [-0.15, -0.1) is 24.0 Å². The molecule has 2 rings (SSSR count). The minimum atomic E-state index is -3.18. The number of nitrogens with one attached hydrogen (secondary N) is 2. The largest absolute Gasteiger partial charge is 0.357 e. The number of carbonyl (C=O) groups is 1. The average Bonchev–Trinajstić information content (AvgIpc) is 2.98. The van der Waals surface area contributed by atoms with E-state index >= 15 is 0 Å². The predicted octanol–water partition coefficient (Wildman–Crippen LogP) is -0.408. The number of amides is 1. The van der Waals surface area contributed by atoms with Gasteiger partial charge in [0.25, 0.3) is 0 Å². The Bertz CT molecular complexity index is 750. The lowest BCUT2D eigenvalue weighted by Crippen LogP contribution is -2.55. The van der Waals surface area contributed by atoms with Crippen molar-refractivity contribution < 1.29 is 13.2 Å². The third kappa shape index (κ3) is 7.62. The molecule has 1 aromatic rings. The maximum Gasteiger partial charge on any atom is 0.246 e. The highest BCUT2D eigenvalue weighted by Crippen LogP contribution is 2.16. The number of carbonyl (C=O) groups excluding carboxylic acids is 1. The second kappa shape index (κ2) is 10.8. The number of rotatable bonds is 7. The van der Waals surface area contributed by atoms with Gasteiger partial charge in [-0.05, 0) is 13.3 Å². The van der Waals surface area contributed by atoms with Crippen LogP contribution < -0.4 is 14.9 Å². The van der Waals surface area contributed by atoms with E-state index in [4.69, 9.17) is 0 Å². The second-order valence-corrected chi connectivity index (χ2v) is 7.93. The molecule has 0 spiro atoms. The first-order valence-corrected chi connectivity index (χ1v) is 10.5. The van der Waals surface area contributed by atoms with Gasteiger partial charge in [-0.1, -0.05) is 0 Å². The molecule has 27 heavy (non-hydrogen) atoms. The van der Waals surface area contributed by atoms with Crippen LogP contribution in [0.25, 0.3) is 0 Å². The molecule has 12 heteroatoms. The molecule has 2 N–H and O–H groups in total. The van der Waals surface area contributed by atoms with E-state index in [1.807, 2.05) is 25.1 Å². The zero-order chi connectivity index (χ0) is 19.2. The standard InChI is InChI=1S/C15H27N7O3S.HI/c1-4-16-15(17-6-5-7-19-26(3,24)25)21-8-9-22(14(23)12-21)13-10-18-20(2)11-13;/h10-11,19H,4-9,12H2,1-3H3,(H,16,17);1H. The van der Waals surface area contributed by atoms with Gasteiger partial charge in [0.2, 0.25) is 15.9 Å². The molecule has 1 saturated heterocycles. The molecule has 0 saturated carbocycles. The Kier molecular flexibility index (Phi) is 9.45. The zero-order valence-electron chi connectivity index (χ0n) is 15.9. The molecular weight excluding hydrogens is 485 g/mol. The molecule has 1 aliphatic rings. The molecule has 1 aromatic heterocycles. The summed E-state index contributed by atoms with van der Waals surface area (Å²) in [5.41, 5.74) is 0.797. The number of halogens is 1. The summed E-state index contributed by atoms with van der Waals surface area (Å²) >= 11 is 0. The number of nitrogens with zero attached hydrogens (tertiary/aromatic N) is 5. The molecule has 1 amide bonds. The van der Waals surface area contributed by atoms with Gasteiger partial charge >= 0.3 is 0 Å². The Morgan fingerprint density at radius 2 is 2.11 bits per heavy atom. The van der Waals surface area contributed by atoms with Crippen molar-refractivity contribution in [2.24, 2.45) is 12.0 Å². The van der Waals surface area contributed by atoms with Crippen LogP contribution in [0, 0.1) is 0 Å². The molecule has 0 bridgehead atoms. The van der Waals surface area contributed by atoms with Crippen LogP contribution in [0.2, 0.25) is 0 Å². The summed E-state index contributed by atoms with van der Waals surface area (Å²) < 4.78 is 26.2. The van der Waals surface area contributed by atoms with Crippen molar-refractivity contribution >= 4 is 51.6 Å². The molecule has 10 nitrogen and oxygen atoms in total. The van der Waals surface area contributed by atoms with Crippen LogP contribution >= 0.6 is 24.0 Å². The number of anilines is 1. The molecule has 0 radical (unpaired) electrons. The van der Waals surface area contributed by atoms with Crippen molar-refractivity contribution in [2.75, 3.05) is 50.4 Å². The first-order chi connectivity index (χ1) is 12.3. The number of hydrogen-bond donors (Lipinski definition) is 2. The highest BCUT2D eigenvalue weighted by atomic mass is 127. The Morgan fingerprint density at radius 1 is 1.37 bits per heavy atom. The fourth-order valence-corrected chi connectivity index (χ4v) is 3.14.